The third-order valence-electron chi connectivity index (χ3n) is 4.81. The Morgan fingerprint density at radius 3 is 2.38 bits per heavy atom. The summed E-state index contributed by atoms with van der Waals surface area (Å²) in [5.74, 6) is 0.806. The number of anilines is 1. The standard InChI is InChI=1S/C15H23BN2O3/c1-14(2)15(3,4)21-16(20-14)11-7-8-12(17-10-11)18-9-5-6-13(18)19/h7-8,10,13,19H,5-6,9H2,1-4H3. The van der Waals surface area contributed by atoms with Gasteiger partial charge in [-0.3, -0.25) is 0 Å². The van der Waals surface area contributed by atoms with Crippen molar-refractivity contribution in [3.05, 3.63) is 18.3 Å². The van der Waals surface area contributed by atoms with E-state index >= 15 is 0 Å². The maximum Gasteiger partial charge on any atom is 0.496 e. The summed E-state index contributed by atoms with van der Waals surface area (Å²) in [4.78, 5) is 6.38. The first-order valence-corrected chi connectivity index (χ1v) is 7.56. The number of nitrogens with zero attached hydrogens (tertiary/aromatic N) is 2. The molecular formula is C15H23BN2O3. The molecular weight excluding hydrogens is 267 g/mol. The molecule has 3 heterocycles. The number of aromatic nitrogens is 1. The van der Waals surface area contributed by atoms with Crippen LogP contribution in [0, 0.1) is 0 Å². The first-order chi connectivity index (χ1) is 9.80. The molecule has 114 valence electrons. The van der Waals surface area contributed by atoms with Crippen molar-refractivity contribution in [2.24, 2.45) is 0 Å². The second-order valence-electron chi connectivity index (χ2n) is 6.85. The maximum atomic E-state index is 9.90. The van der Waals surface area contributed by atoms with Crippen LogP contribution in [0.1, 0.15) is 40.5 Å². The normalized spacial score (nSPS) is 27.4. The van der Waals surface area contributed by atoms with E-state index in [-0.39, 0.29) is 18.3 Å². The van der Waals surface area contributed by atoms with Crippen molar-refractivity contribution in [2.45, 2.75) is 58.0 Å². The highest BCUT2D eigenvalue weighted by molar-refractivity contribution is 6.62. The zero-order chi connectivity index (χ0) is 15.3. The van der Waals surface area contributed by atoms with Gasteiger partial charge in [0.2, 0.25) is 0 Å². The summed E-state index contributed by atoms with van der Waals surface area (Å²) in [6.07, 6.45) is 3.17. The number of aliphatic hydroxyl groups is 1. The van der Waals surface area contributed by atoms with Crippen LogP contribution in [0.4, 0.5) is 5.82 Å². The molecule has 0 bridgehead atoms. The van der Waals surface area contributed by atoms with E-state index in [9.17, 15) is 5.11 Å². The zero-order valence-electron chi connectivity index (χ0n) is 13.2. The lowest BCUT2D eigenvalue weighted by molar-refractivity contribution is 0.00578. The Morgan fingerprint density at radius 1 is 1.24 bits per heavy atom. The first kappa shape index (κ1) is 14.8. The van der Waals surface area contributed by atoms with Gasteiger partial charge in [-0.05, 0) is 46.6 Å². The van der Waals surface area contributed by atoms with Crippen LogP contribution >= 0.6 is 0 Å². The summed E-state index contributed by atoms with van der Waals surface area (Å²) in [5.41, 5.74) is 0.217. The Balaban J connectivity index is 1.76. The largest absolute Gasteiger partial charge is 0.496 e. The van der Waals surface area contributed by atoms with Gasteiger partial charge in [0, 0.05) is 18.2 Å². The minimum Gasteiger partial charge on any atom is -0.399 e. The lowest BCUT2D eigenvalue weighted by Gasteiger charge is -2.32. The van der Waals surface area contributed by atoms with Gasteiger partial charge < -0.3 is 19.3 Å². The van der Waals surface area contributed by atoms with Gasteiger partial charge in [-0.25, -0.2) is 4.98 Å². The number of pyridine rings is 1. The topological polar surface area (TPSA) is 54.8 Å². The molecule has 3 rings (SSSR count). The van der Waals surface area contributed by atoms with Gasteiger partial charge in [-0.15, -0.1) is 0 Å². The van der Waals surface area contributed by atoms with Crippen LogP contribution < -0.4 is 10.4 Å². The Labute approximate surface area is 126 Å². The summed E-state index contributed by atoms with van der Waals surface area (Å²) < 4.78 is 12.0. The fourth-order valence-corrected chi connectivity index (χ4v) is 2.70. The zero-order valence-corrected chi connectivity index (χ0v) is 13.2. The molecule has 0 amide bonds. The molecule has 2 fully saturated rings. The minimum absolute atomic E-state index is 0.346. The lowest BCUT2D eigenvalue weighted by atomic mass is 9.80. The molecule has 5 nitrogen and oxygen atoms in total. The second kappa shape index (κ2) is 4.97. The molecule has 1 atom stereocenters. The van der Waals surface area contributed by atoms with Crippen molar-refractivity contribution in [1.82, 2.24) is 4.98 Å². The van der Waals surface area contributed by atoms with Crippen molar-refractivity contribution in [1.29, 1.82) is 0 Å². The summed E-state index contributed by atoms with van der Waals surface area (Å²) in [6, 6.07) is 3.89. The predicted molar refractivity (Wildman–Crippen MR) is 82.5 cm³/mol. The summed E-state index contributed by atoms with van der Waals surface area (Å²) in [7, 11) is -0.389. The van der Waals surface area contributed by atoms with Crippen molar-refractivity contribution in [3.8, 4) is 0 Å². The van der Waals surface area contributed by atoms with E-state index in [1.165, 1.54) is 0 Å². The van der Waals surface area contributed by atoms with Crippen LogP contribution in [0.5, 0.6) is 0 Å². The predicted octanol–water partition coefficient (Wildman–Crippen LogP) is 1.30. The Bertz CT molecular complexity index is 502. The molecule has 2 aliphatic heterocycles. The van der Waals surface area contributed by atoms with Gasteiger partial charge in [0.1, 0.15) is 12.0 Å². The fourth-order valence-electron chi connectivity index (χ4n) is 2.70. The van der Waals surface area contributed by atoms with E-state index in [1.54, 1.807) is 6.20 Å². The van der Waals surface area contributed by atoms with E-state index in [0.29, 0.717) is 0 Å². The minimum atomic E-state index is -0.416. The second-order valence-corrected chi connectivity index (χ2v) is 6.85. The van der Waals surface area contributed by atoms with Crippen molar-refractivity contribution >= 4 is 18.4 Å². The van der Waals surface area contributed by atoms with Gasteiger partial charge in [0.25, 0.3) is 0 Å². The lowest BCUT2D eigenvalue weighted by Crippen LogP contribution is -2.41. The van der Waals surface area contributed by atoms with Crippen LogP contribution in [0.2, 0.25) is 0 Å². The highest BCUT2D eigenvalue weighted by Gasteiger charge is 2.51. The highest BCUT2D eigenvalue weighted by atomic mass is 16.7. The van der Waals surface area contributed by atoms with Crippen LogP contribution in [0.3, 0.4) is 0 Å². The van der Waals surface area contributed by atoms with Gasteiger partial charge >= 0.3 is 7.12 Å². The van der Waals surface area contributed by atoms with E-state index in [2.05, 4.69) is 4.98 Å². The molecule has 1 N–H and O–H groups in total. The molecule has 0 aromatic carbocycles. The highest BCUT2D eigenvalue weighted by Crippen LogP contribution is 2.36. The van der Waals surface area contributed by atoms with Crippen LogP contribution in [-0.2, 0) is 9.31 Å². The van der Waals surface area contributed by atoms with Crippen LogP contribution in [-0.4, -0.2) is 41.2 Å². The molecule has 1 aromatic rings. The first-order valence-electron chi connectivity index (χ1n) is 7.56. The molecule has 0 spiro atoms. The number of rotatable bonds is 2. The monoisotopic (exact) mass is 290 g/mol. The van der Waals surface area contributed by atoms with Crippen molar-refractivity contribution in [3.63, 3.8) is 0 Å². The van der Waals surface area contributed by atoms with Gasteiger partial charge in [-0.2, -0.15) is 0 Å². The van der Waals surface area contributed by atoms with E-state index in [0.717, 1.165) is 30.7 Å². The molecule has 1 unspecified atom stereocenters. The number of hydrogen-bond acceptors (Lipinski definition) is 5. The van der Waals surface area contributed by atoms with Gasteiger partial charge in [-0.1, -0.05) is 6.07 Å². The quantitative estimate of drug-likeness (QED) is 0.832. The van der Waals surface area contributed by atoms with Gasteiger partial charge in [0.05, 0.1) is 11.2 Å². The van der Waals surface area contributed by atoms with Crippen LogP contribution in [0.15, 0.2) is 18.3 Å². The molecule has 21 heavy (non-hydrogen) atoms. The molecule has 1 aromatic heterocycles. The molecule has 0 aliphatic carbocycles. The third-order valence-corrected chi connectivity index (χ3v) is 4.81. The molecule has 2 saturated heterocycles. The SMILES string of the molecule is CC1(C)OB(c2ccc(N3CCCC3O)nc2)OC1(C)C. The number of aliphatic hydroxyl groups excluding tert-OH is 1. The van der Waals surface area contributed by atoms with E-state index in [4.69, 9.17) is 9.31 Å². The molecule has 0 saturated carbocycles. The Hall–Kier alpha value is -1.11. The average Bonchev–Trinajstić information content (AvgIpc) is 2.92. The molecule has 2 aliphatic rings. The molecule has 6 heteroatoms. The Kier molecular flexibility index (Phi) is 3.51. The van der Waals surface area contributed by atoms with E-state index < -0.39 is 6.23 Å². The van der Waals surface area contributed by atoms with Gasteiger partial charge in [0.15, 0.2) is 0 Å². The Morgan fingerprint density at radius 2 is 1.90 bits per heavy atom. The fraction of sp³-hybridized carbons (Fsp3) is 0.667. The molecule has 0 radical (unpaired) electrons. The third kappa shape index (κ3) is 2.56. The average molecular weight is 290 g/mol. The maximum absolute atomic E-state index is 9.90. The summed E-state index contributed by atoms with van der Waals surface area (Å²) in [6.45, 7) is 9.00. The summed E-state index contributed by atoms with van der Waals surface area (Å²) in [5, 5.41) is 9.90. The van der Waals surface area contributed by atoms with Crippen LogP contribution in [0.25, 0.3) is 0 Å². The van der Waals surface area contributed by atoms with Crippen molar-refractivity contribution < 1.29 is 14.4 Å². The number of hydrogen-bond donors (Lipinski definition) is 1. The van der Waals surface area contributed by atoms with Crippen molar-refractivity contribution in [2.75, 3.05) is 11.4 Å². The smallest absolute Gasteiger partial charge is 0.399 e. The summed E-state index contributed by atoms with van der Waals surface area (Å²) >= 11 is 0. The van der Waals surface area contributed by atoms with E-state index in [1.807, 2.05) is 44.7 Å².